The lowest BCUT2D eigenvalue weighted by Crippen LogP contribution is -2.22. The number of nitriles is 5. The third kappa shape index (κ3) is 4.49. The van der Waals surface area contributed by atoms with E-state index in [0.29, 0.717) is 0 Å². The van der Waals surface area contributed by atoms with Gasteiger partial charge in [-0.25, -0.2) is 4.98 Å². The first-order chi connectivity index (χ1) is 14.9. The number of alkyl halides is 6. The van der Waals surface area contributed by atoms with Crippen molar-refractivity contribution < 1.29 is 26.3 Å². The SMILES string of the molecule is N#CC(C#N)=c1cc(C#N)/c(=C(/C#N)c2cc(C(F)(F)F)nc(C(F)(F)F)c2)cc1C#N. The fraction of sp³-hybridized carbons (Fsp3) is 0.100. The molecule has 0 aliphatic carbocycles. The molecule has 0 amide bonds. The van der Waals surface area contributed by atoms with Crippen LogP contribution in [0.1, 0.15) is 28.1 Å². The van der Waals surface area contributed by atoms with Crippen molar-refractivity contribution >= 4 is 11.1 Å². The van der Waals surface area contributed by atoms with E-state index in [2.05, 4.69) is 4.98 Å². The van der Waals surface area contributed by atoms with Gasteiger partial charge in [-0.3, -0.25) is 0 Å². The van der Waals surface area contributed by atoms with Crippen LogP contribution in [0.2, 0.25) is 0 Å². The first-order valence-electron chi connectivity index (χ1n) is 8.01. The zero-order valence-electron chi connectivity index (χ0n) is 15.3. The minimum atomic E-state index is -5.28. The lowest BCUT2D eigenvalue weighted by atomic mass is 9.97. The van der Waals surface area contributed by atoms with E-state index in [1.807, 2.05) is 0 Å². The molecule has 0 unspecified atom stereocenters. The first-order valence-corrected chi connectivity index (χ1v) is 8.01. The zero-order valence-corrected chi connectivity index (χ0v) is 15.3. The zero-order chi connectivity index (χ0) is 24.3. The average molecular weight is 442 g/mol. The molecule has 0 fully saturated rings. The van der Waals surface area contributed by atoms with Gasteiger partial charge in [-0.2, -0.15) is 52.7 Å². The fourth-order valence-electron chi connectivity index (χ4n) is 2.59. The molecular weight excluding hydrogens is 438 g/mol. The maximum absolute atomic E-state index is 13.1. The van der Waals surface area contributed by atoms with Gasteiger partial charge in [0.1, 0.15) is 35.2 Å². The summed E-state index contributed by atoms with van der Waals surface area (Å²) in [6.45, 7) is 0. The quantitative estimate of drug-likeness (QED) is 0.624. The predicted molar refractivity (Wildman–Crippen MR) is 92.1 cm³/mol. The summed E-state index contributed by atoms with van der Waals surface area (Å²) in [5.74, 6) is 0. The second-order valence-electron chi connectivity index (χ2n) is 5.87. The maximum Gasteiger partial charge on any atom is 0.433 e. The monoisotopic (exact) mass is 442 g/mol. The van der Waals surface area contributed by atoms with E-state index in [0.717, 1.165) is 12.1 Å². The normalized spacial score (nSPS) is 11.8. The molecule has 1 heterocycles. The Kier molecular flexibility index (Phi) is 6.21. The molecule has 0 saturated heterocycles. The van der Waals surface area contributed by atoms with Gasteiger partial charge in [0.2, 0.25) is 0 Å². The highest BCUT2D eigenvalue weighted by Gasteiger charge is 2.39. The molecule has 6 nitrogen and oxygen atoms in total. The molecule has 0 saturated carbocycles. The second-order valence-corrected chi connectivity index (χ2v) is 5.87. The van der Waals surface area contributed by atoms with Gasteiger partial charge in [0.05, 0.1) is 28.8 Å². The molecule has 1 aromatic carbocycles. The van der Waals surface area contributed by atoms with Crippen LogP contribution in [-0.4, -0.2) is 4.98 Å². The highest BCUT2D eigenvalue weighted by atomic mass is 19.4. The average Bonchev–Trinajstić information content (AvgIpc) is 2.74. The highest BCUT2D eigenvalue weighted by Crippen LogP contribution is 2.34. The number of rotatable bonds is 1. The summed E-state index contributed by atoms with van der Waals surface area (Å²) in [7, 11) is 0. The molecule has 1 aromatic heterocycles. The van der Waals surface area contributed by atoms with Crippen LogP contribution in [-0.2, 0) is 12.4 Å². The van der Waals surface area contributed by atoms with Crippen molar-refractivity contribution in [3.63, 3.8) is 0 Å². The van der Waals surface area contributed by atoms with Crippen molar-refractivity contribution in [1.29, 1.82) is 26.3 Å². The van der Waals surface area contributed by atoms with Gasteiger partial charge in [0.15, 0.2) is 0 Å². The summed E-state index contributed by atoms with van der Waals surface area (Å²) in [6.07, 6.45) is -10.6. The summed E-state index contributed by atoms with van der Waals surface area (Å²) in [5, 5.41) is 45.5. The summed E-state index contributed by atoms with van der Waals surface area (Å²) >= 11 is 0. The molecule has 12 heteroatoms. The van der Waals surface area contributed by atoms with Crippen molar-refractivity contribution in [2.45, 2.75) is 12.4 Å². The Bertz CT molecular complexity index is 1400. The minimum Gasteiger partial charge on any atom is -0.239 e. The van der Waals surface area contributed by atoms with E-state index in [4.69, 9.17) is 10.5 Å². The van der Waals surface area contributed by atoms with E-state index in [1.54, 1.807) is 12.1 Å². The number of hydrogen-bond donors (Lipinski definition) is 0. The van der Waals surface area contributed by atoms with Crippen molar-refractivity contribution in [3.8, 4) is 30.3 Å². The Morgan fingerprint density at radius 2 is 1.09 bits per heavy atom. The van der Waals surface area contributed by atoms with Gasteiger partial charge in [-0.05, 0) is 29.8 Å². The van der Waals surface area contributed by atoms with E-state index >= 15 is 0 Å². The van der Waals surface area contributed by atoms with Crippen LogP contribution >= 0.6 is 0 Å². The molecule has 2 aromatic rings. The highest BCUT2D eigenvalue weighted by molar-refractivity contribution is 5.79. The standard InChI is InChI=1S/C20H4F6N6/c21-19(22,23)17-3-10(4-18(32-17)20(24,25)26)16(9-31)15-2-11(5-27)14(1-12(15)6-28)13(7-29)8-30/h1-4H/b16-15-. The van der Waals surface area contributed by atoms with Gasteiger partial charge in [-0.1, -0.05) is 0 Å². The minimum absolute atomic E-state index is 0.205. The number of pyridine rings is 1. The maximum atomic E-state index is 13.1. The number of aromatic nitrogens is 1. The Labute approximate surface area is 175 Å². The number of hydrogen-bond acceptors (Lipinski definition) is 6. The topological polar surface area (TPSA) is 132 Å². The van der Waals surface area contributed by atoms with Crippen molar-refractivity contribution in [2.24, 2.45) is 0 Å². The van der Waals surface area contributed by atoms with E-state index < -0.39 is 56.8 Å². The molecule has 156 valence electrons. The molecular formula is C20H4F6N6. The molecule has 0 aliphatic rings. The Morgan fingerprint density at radius 1 is 0.656 bits per heavy atom. The Hall–Kier alpha value is -4.86. The predicted octanol–water partition coefficient (Wildman–Crippen LogP) is 2.78. The fourth-order valence-corrected chi connectivity index (χ4v) is 2.59. The van der Waals surface area contributed by atoms with E-state index in [9.17, 15) is 42.1 Å². The van der Waals surface area contributed by atoms with E-state index in [-0.39, 0.29) is 17.4 Å². The first kappa shape index (κ1) is 23.4. The summed E-state index contributed by atoms with van der Waals surface area (Å²) < 4.78 is 78.7. The van der Waals surface area contributed by atoms with Gasteiger partial charge in [0, 0.05) is 10.4 Å². The van der Waals surface area contributed by atoms with Gasteiger partial charge >= 0.3 is 12.4 Å². The molecule has 0 bridgehead atoms. The smallest absolute Gasteiger partial charge is 0.239 e. The van der Waals surface area contributed by atoms with Crippen LogP contribution < -0.4 is 10.4 Å². The van der Waals surface area contributed by atoms with Crippen molar-refractivity contribution in [1.82, 2.24) is 4.98 Å². The summed E-state index contributed by atoms with van der Waals surface area (Å²) in [6, 6.07) is 9.78. The molecule has 2 rings (SSSR count). The summed E-state index contributed by atoms with van der Waals surface area (Å²) in [4.78, 5) is 2.56. The van der Waals surface area contributed by atoms with Gasteiger partial charge in [0.25, 0.3) is 0 Å². The van der Waals surface area contributed by atoms with Crippen LogP contribution in [0.3, 0.4) is 0 Å². The number of nitrogens with zero attached hydrogens (tertiary/aromatic N) is 6. The lowest BCUT2D eigenvalue weighted by Gasteiger charge is -2.13. The molecule has 32 heavy (non-hydrogen) atoms. The van der Waals surface area contributed by atoms with E-state index in [1.165, 1.54) is 18.2 Å². The Balaban J connectivity index is 3.14. The van der Waals surface area contributed by atoms with Crippen LogP contribution in [0.4, 0.5) is 26.3 Å². The summed E-state index contributed by atoms with van der Waals surface area (Å²) in [5.41, 5.74) is -6.89. The second kappa shape index (κ2) is 8.48. The van der Waals surface area contributed by atoms with Crippen molar-refractivity contribution in [2.75, 3.05) is 0 Å². The third-order valence-corrected chi connectivity index (χ3v) is 3.97. The molecule has 0 aliphatic heterocycles. The third-order valence-electron chi connectivity index (χ3n) is 3.97. The Morgan fingerprint density at radius 3 is 1.47 bits per heavy atom. The number of halogens is 6. The van der Waals surface area contributed by atoms with Crippen LogP contribution in [0.25, 0.3) is 11.1 Å². The molecule has 0 spiro atoms. The number of benzene rings is 1. The van der Waals surface area contributed by atoms with Gasteiger partial charge < -0.3 is 0 Å². The molecule has 0 N–H and O–H groups in total. The van der Waals surface area contributed by atoms with Crippen LogP contribution in [0.15, 0.2) is 24.3 Å². The van der Waals surface area contributed by atoms with Crippen LogP contribution in [0, 0.1) is 56.7 Å². The van der Waals surface area contributed by atoms with Crippen LogP contribution in [0.5, 0.6) is 0 Å². The molecule has 0 radical (unpaired) electrons. The molecule has 0 atom stereocenters. The van der Waals surface area contributed by atoms with Gasteiger partial charge in [-0.15, -0.1) is 0 Å². The van der Waals surface area contributed by atoms with Crippen molar-refractivity contribution in [3.05, 3.63) is 62.8 Å². The lowest BCUT2D eigenvalue weighted by molar-refractivity contribution is -0.150. The largest absolute Gasteiger partial charge is 0.433 e.